The van der Waals surface area contributed by atoms with Crippen LogP contribution >= 0.6 is 27.3 Å². The zero-order chi connectivity index (χ0) is 10.3. The number of aliphatic hydroxyl groups excluding tert-OH is 1. The maximum absolute atomic E-state index is 9.82. The molecule has 3 atom stereocenters. The molecule has 2 rings (SSSR count). The molecule has 0 spiro atoms. The van der Waals surface area contributed by atoms with Crippen LogP contribution in [0.1, 0.15) is 37.5 Å². The van der Waals surface area contributed by atoms with Gasteiger partial charge < -0.3 is 5.11 Å². The van der Waals surface area contributed by atoms with Gasteiger partial charge in [-0.1, -0.05) is 13.8 Å². The Morgan fingerprint density at radius 3 is 2.86 bits per heavy atom. The lowest BCUT2D eigenvalue weighted by Crippen LogP contribution is -2.48. The van der Waals surface area contributed by atoms with Crippen molar-refractivity contribution in [3.8, 4) is 0 Å². The highest BCUT2D eigenvalue weighted by atomic mass is 79.9. The lowest BCUT2D eigenvalue weighted by Gasteiger charge is -2.51. The van der Waals surface area contributed by atoms with Gasteiger partial charge in [-0.05, 0) is 40.2 Å². The van der Waals surface area contributed by atoms with Gasteiger partial charge in [-0.25, -0.2) is 0 Å². The van der Waals surface area contributed by atoms with Crippen molar-refractivity contribution >= 4 is 27.3 Å². The first kappa shape index (κ1) is 10.7. The first-order valence-electron chi connectivity index (χ1n) is 5.00. The molecule has 0 saturated heterocycles. The molecule has 0 amide bonds. The predicted octanol–water partition coefficient (Wildman–Crippen LogP) is 3.78. The Kier molecular flexibility index (Phi) is 2.75. The molecule has 1 fully saturated rings. The number of thiophene rings is 1. The predicted molar refractivity (Wildman–Crippen MR) is 63.8 cm³/mol. The SMILES string of the molecule is CCC1(C)C(O)CC1c1sccc1Br. The van der Waals surface area contributed by atoms with E-state index in [0.29, 0.717) is 5.92 Å². The zero-order valence-electron chi connectivity index (χ0n) is 8.46. The molecule has 1 aliphatic carbocycles. The normalized spacial score (nSPS) is 36.9. The van der Waals surface area contributed by atoms with E-state index in [-0.39, 0.29) is 11.5 Å². The number of hydrogen-bond donors (Lipinski definition) is 1. The van der Waals surface area contributed by atoms with Crippen molar-refractivity contribution in [1.29, 1.82) is 0 Å². The van der Waals surface area contributed by atoms with E-state index >= 15 is 0 Å². The molecule has 1 nitrogen and oxygen atoms in total. The lowest BCUT2D eigenvalue weighted by atomic mass is 9.57. The smallest absolute Gasteiger partial charge is 0.0606 e. The van der Waals surface area contributed by atoms with Crippen LogP contribution in [0.3, 0.4) is 0 Å². The second kappa shape index (κ2) is 3.62. The molecule has 1 heterocycles. The van der Waals surface area contributed by atoms with Crippen LogP contribution in [0.5, 0.6) is 0 Å². The first-order valence-corrected chi connectivity index (χ1v) is 6.67. The van der Waals surface area contributed by atoms with Crippen molar-refractivity contribution in [2.45, 2.75) is 38.7 Å². The van der Waals surface area contributed by atoms with Crippen LogP contribution < -0.4 is 0 Å². The van der Waals surface area contributed by atoms with Gasteiger partial charge in [-0.15, -0.1) is 11.3 Å². The highest BCUT2D eigenvalue weighted by molar-refractivity contribution is 9.10. The summed E-state index contributed by atoms with van der Waals surface area (Å²) in [6, 6.07) is 2.10. The summed E-state index contributed by atoms with van der Waals surface area (Å²) in [6.07, 6.45) is 1.85. The van der Waals surface area contributed by atoms with Gasteiger partial charge in [0.15, 0.2) is 0 Å². The van der Waals surface area contributed by atoms with Crippen LogP contribution in [0.2, 0.25) is 0 Å². The van der Waals surface area contributed by atoms with E-state index in [1.807, 2.05) is 0 Å². The van der Waals surface area contributed by atoms with Gasteiger partial charge in [-0.2, -0.15) is 0 Å². The summed E-state index contributed by atoms with van der Waals surface area (Å²) in [6.45, 7) is 4.36. The van der Waals surface area contributed by atoms with Crippen molar-refractivity contribution in [3.05, 3.63) is 20.8 Å². The largest absolute Gasteiger partial charge is 0.393 e. The summed E-state index contributed by atoms with van der Waals surface area (Å²) in [7, 11) is 0. The molecule has 1 aliphatic rings. The number of hydrogen-bond acceptors (Lipinski definition) is 2. The molecular formula is C11H15BrOS. The second-order valence-corrected chi connectivity index (χ2v) is 6.10. The van der Waals surface area contributed by atoms with Crippen LogP contribution in [0.15, 0.2) is 15.9 Å². The number of rotatable bonds is 2. The average molecular weight is 275 g/mol. The molecular weight excluding hydrogens is 260 g/mol. The Hall–Kier alpha value is 0.140. The van der Waals surface area contributed by atoms with Crippen molar-refractivity contribution < 1.29 is 5.11 Å². The van der Waals surface area contributed by atoms with Gasteiger partial charge >= 0.3 is 0 Å². The van der Waals surface area contributed by atoms with Crippen LogP contribution in [-0.2, 0) is 0 Å². The fourth-order valence-electron chi connectivity index (χ4n) is 2.28. The summed E-state index contributed by atoms with van der Waals surface area (Å²) >= 11 is 5.37. The van der Waals surface area contributed by atoms with Crippen LogP contribution in [0.25, 0.3) is 0 Å². The third-order valence-corrected chi connectivity index (χ3v) is 5.72. The van der Waals surface area contributed by atoms with Crippen LogP contribution in [0.4, 0.5) is 0 Å². The van der Waals surface area contributed by atoms with E-state index < -0.39 is 0 Å². The van der Waals surface area contributed by atoms with E-state index in [2.05, 4.69) is 41.2 Å². The Bertz CT molecular complexity index is 336. The van der Waals surface area contributed by atoms with E-state index in [0.717, 1.165) is 12.8 Å². The quantitative estimate of drug-likeness (QED) is 0.871. The van der Waals surface area contributed by atoms with Crippen LogP contribution in [-0.4, -0.2) is 11.2 Å². The Labute approximate surface area is 97.3 Å². The van der Waals surface area contributed by atoms with Crippen LogP contribution in [0, 0.1) is 5.41 Å². The molecule has 78 valence electrons. The van der Waals surface area contributed by atoms with Crippen molar-refractivity contribution in [2.75, 3.05) is 0 Å². The zero-order valence-corrected chi connectivity index (χ0v) is 10.9. The molecule has 0 radical (unpaired) electrons. The van der Waals surface area contributed by atoms with E-state index in [9.17, 15) is 5.11 Å². The average Bonchev–Trinajstić information content (AvgIpc) is 2.59. The van der Waals surface area contributed by atoms with Crippen molar-refractivity contribution in [3.63, 3.8) is 0 Å². The molecule has 0 bridgehead atoms. The first-order chi connectivity index (χ1) is 6.59. The lowest BCUT2D eigenvalue weighted by molar-refractivity contribution is -0.0768. The number of halogens is 1. The minimum atomic E-state index is -0.119. The molecule has 1 N–H and O–H groups in total. The molecule has 0 aromatic carbocycles. The summed E-state index contributed by atoms with van der Waals surface area (Å²) in [5.41, 5.74) is 0.0906. The van der Waals surface area contributed by atoms with E-state index in [1.54, 1.807) is 11.3 Å². The van der Waals surface area contributed by atoms with Gasteiger partial charge in [0.05, 0.1) is 6.10 Å². The maximum atomic E-state index is 9.82. The summed E-state index contributed by atoms with van der Waals surface area (Å²) < 4.78 is 1.21. The molecule has 1 saturated carbocycles. The summed E-state index contributed by atoms with van der Waals surface area (Å²) in [4.78, 5) is 1.40. The van der Waals surface area contributed by atoms with Gasteiger partial charge in [0.1, 0.15) is 0 Å². The van der Waals surface area contributed by atoms with Gasteiger partial charge in [0.2, 0.25) is 0 Å². The van der Waals surface area contributed by atoms with E-state index in [1.165, 1.54) is 9.35 Å². The molecule has 1 aromatic rings. The van der Waals surface area contributed by atoms with E-state index in [4.69, 9.17) is 0 Å². The van der Waals surface area contributed by atoms with Crippen molar-refractivity contribution in [1.82, 2.24) is 0 Å². The third kappa shape index (κ3) is 1.37. The summed E-state index contributed by atoms with van der Waals surface area (Å²) in [5, 5.41) is 11.9. The van der Waals surface area contributed by atoms with Gasteiger partial charge in [0, 0.05) is 20.7 Å². The van der Waals surface area contributed by atoms with Crippen molar-refractivity contribution in [2.24, 2.45) is 5.41 Å². The molecule has 0 aliphatic heterocycles. The molecule has 14 heavy (non-hydrogen) atoms. The molecule has 3 heteroatoms. The maximum Gasteiger partial charge on any atom is 0.0606 e. The minimum Gasteiger partial charge on any atom is -0.393 e. The Morgan fingerprint density at radius 1 is 1.71 bits per heavy atom. The molecule has 1 aromatic heterocycles. The highest BCUT2D eigenvalue weighted by Crippen LogP contribution is 2.57. The third-order valence-electron chi connectivity index (χ3n) is 3.74. The fraction of sp³-hybridized carbons (Fsp3) is 0.636. The van der Waals surface area contributed by atoms with Gasteiger partial charge in [0.25, 0.3) is 0 Å². The monoisotopic (exact) mass is 274 g/mol. The second-order valence-electron chi connectivity index (χ2n) is 4.30. The topological polar surface area (TPSA) is 20.2 Å². The Balaban J connectivity index is 2.26. The number of aliphatic hydroxyl groups is 1. The Morgan fingerprint density at radius 2 is 2.43 bits per heavy atom. The summed E-state index contributed by atoms with van der Waals surface area (Å²) in [5.74, 6) is 0.539. The van der Waals surface area contributed by atoms with Gasteiger partial charge in [-0.3, -0.25) is 0 Å². The molecule has 3 unspecified atom stereocenters. The fourth-order valence-corrected chi connectivity index (χ4v) is 4.20. The standard InChI is InChI=1S/C11H15BrOS/c1-3-11(2)7(6-9(11)13)10-8(12)4-5-14-10/h4-5,7,9,13H,3,6H2,1-2H3. The minimum absolute atomic E-state index is 0.0906. The highest BCUT2D eigenvalue weighted by Gasteiger charge is 2.51.